The van der Waals surface area contributed by atoms with Gasteiger partial charge in [0, 0.05) is 20.3 Å². The second kappa shape index (κ2) is 11.4. The van der Waals surface area contributed by atoms with E-state index in [4.69, 9.17) is 0 Å². The summed E-state index contributed by atoms with van der Waals surface area (Å²) in [4.78, 5) is 25.2. The summed E-state index contributed by atoms with van der Waals surface area (Å²) in [7, 11) is 0. The number of nitrogens with zero attached hydrogens (tertiary/aromatic N) is 1. The molecule has 0 atom stereocenters. The first-order chi connectivity index (χ1) is 18.8. The van der Waals surface area contributed by atoms with Crippen molar-refractivity contribution in [2.45, 2.75) is 24.4 Å². The van der Waals surface area contributed by atoms with E-state index in [9.17, 15) is 58.7 Å². The zero-order valence-corrected chi connectivity index (χ0v) is 21.7. The lowest BCUT2D eigenvalue weighted by Gasteiger charge is -2.31. The Kier molecular flexibility index (Phi) is 8.92. The van der Waals surface area contributed by atoms with Crippen molar-refractivity contribution >= 4 is 45.8 Å². The van der Waals surface area contributed by atoms with E-state index < -0.39 is 85.6 Å². The van der Waals surface area contributed by atoms with E-state index in [1.807, 2.05) is 0 Å². The van der Waals surface area contributed by atoms with Crippen LogP contribution in [0.5, 0.6) is 0 Å². The summed E-state index contributed by atoms with van der Waals surface area (Å²) in [5, 5.41) is 11.7. The Morgan fingerprint density at radius 1 is 0.878 bits per heavy atom. The summed E-state index contributed by atoms with van der Waals surface area (Å²) in [6.07, 6.45) is -17.1. The maximum absolute atomic E-state index is 15.1. The number of halogens is 12. The molecule has 17 heteroatoms. The van der Waals surface area contributed by atoms with Crippen molar-refractivity contribution in [3.8, 4) is 0 Å². The number of rotatable bonds is 6. The molecule has 0 aliphatic carbocycles. The van der Waals surface area contributed by atoms with Crippen LogP contribution >= 0.6 is 22.6 Å². The molecule has 41 heavy (non-hydrogen) atoms. The van der Waals surface area contributed by atoms with E-state index in [-0.39, 0.29) is 16.7 Å². The summed E-state index contributed by atoms with van der Waals surface area (Å²) in [6, 6.07) is 5.59. The number of carbonyl (C=O) groups is 2. The van der Waals surface area contributed by atoms with Gasteiger partial charge in [0.1, 0.15) is 11.5 Å². The quantitative estimate of drug-likeness (QED) is 0.118. The summed E-state index contributed by atoms with van der Waals surface area (Å²) < 4.78 is 148. The monoisotopic (exact) mass is 712 g/mol. The molecule has 3 aromatic rings. The van der Waals surface area contributed by atoms with Gasteiger partial charge in [0.05, 0.1) is 11.3 Å². The number of nitrogens with one attached hydrogen (secondary N) is 1. The third-order valence-electron chi connectivity index (χ3n) is 5.51. The fourth-order valence-corrected chi connectivity index (χ4v) is 4.26. The fraction of sp³-hybridized carbons (Fsp3) is 0.167. The third-order valence-corrected chi connectivity index (χ3v) is 6.36. The number of hydroxylamine groups is 1. The molecule has 0 bridgehead atoms. The average Bonchev–Trinajstić information content (AvgIpc) is 2.87. The molecular weight excluding hydrogens is 700 g/mol. The van der Waals surface area contributed by atoms with Crippen LogP contribution in [0.2, 0.25) is 0 Å². The van der Waals surface area contributed by atoms with Gasteiger partial charge in [0.15, 0.2) is 5.82 Å². The van der Waals surface area contributed by atoms with Crippen molar-refractivity contribution in [3.05, 3.63) is 92.1 Å². The molecule has 0 fully saturated rings. The zero-order chi connectivity index (χ0) is 31.1. The number of carbonyl (C=O) groups excluding carboxylic acids is 2. The topological polar surface area (TPSA) is 69.6 Å². The molecule has 220 valence electrons. The van der Waals surface area contributed by atoms with Gasteiger partial charge in [-0.15, -0.1) is 0 Å². The number of hydrogen-bond acceptors (Lipinski definition) is 3. The number of amides is 2. The number of alkyl halides is 9. The summed E-state index contributed by atoms with van der Waals surface area (Å²) in [6.45, 7) is 0. The maximum atomic E-state index is 15.1. The third kappa shape index (κ3) is 6.09. The first kappa shape index (κ1) is 32.0. The number of anilines is 2. The molecular formula is C24H12F11IN2O3. The molecule has 0 saturated heterocycles. The average molecular weight is 712 g/mol. The number of hydrogen-bond donors (Lipinski definition) is 2. The van der Waals surface area contributed by atoms with Gasteiger partial charge in [0.25, 0.3) is 18.2 Å². The molecule has 5 nitrogen and oxygen atoms in total. The summed E-state index contributed by atoms with van der Waals surface area (Å²) in [5.74, 6) is -5.21. The van der Waals surface area contributed by atoms with Crippen LogP contribution in [0, 0.1) is 15.2 Å². The van der Waals surface area contributed by atoms with Crippen molar-refractivity contribution in [3.63, 3.8) is 0 Å². The van der Waals surface area contributed by atoms with Crippen LogP contribution in [-0.4, -0.2) is 29.4 Å². The van der Waals surface area contributed by atoms with Gasteiger partial charge in [-0.25, -0.2) is 22.0 Å². The molecule has 0 aromatic heterocycles. The molecule has 0 saturated carbocycles. The molecule has 0 spiro atoms. The molecule has 3 aromatic carbocycles. The molecule has 3 rings (SSSR count). The van der Waals surface area contributed by atoms with Crippen LogP contribution in [0.4, 0.5) is 59.7 Å². The molecule has 0 unspecified atom stereocenters. The largest absolute Gasteiger partial charge is 0.435 e. The van der Waals surface area contributed by atoms with Gasteiger partial charge in [-0.05, 0) is 71.1 Å². The molecule has 0 aliphatic heterocycles. The van der Waals surface area contributed by atoms with Gasteiger partial charge in [-0.3, -0.25) is 14.8 Å². The Morgan fingerprint density at radius 2 is 1.44 bits per heavy atom. The minimum atomic E-state index is -6.61. The van der Waals surface area contributed by atoms with E-state index in [1.54, 1.807) is 5.32 Å². The van der Waals surface area contributed by atoms with Crippen molar-refractivity contribution in [1.29, 1.82) is 0 Å². The van der Waals surface area contributed by atoms with Gasteiger partial charge < -0.3 is 5.32 Å². The summed E-state index contributed by atoms with van der Waals surface area (Å²) in [5.41, 5.74) is -13.3. The molecule has 0 aliphatic rings. The van der Waals surface area contributed by atoms with Crippen LogP contribution < -0.4 is 10.4 Å². The first-order valence-corrected chi connectivity index (χ1v) is 11.7. The predicted molar refractivity (Wildman–Crippen MR) is 128 cm³/mol. The van der Waals surface area contributed by atoms with Crippen molar-refractivity contribution in [1.82, 2.24) is 0 Å². The van der Waals surface area contributed by atoms with E-state index in [1.165, 1.54) is 0 Å². The SMILES string of the molecule is O=C(Nc1c(I)cc(C(F)(C(F)(F)F)C(F)(F)F)cc1C(F)F)c1cccc(N(O)C(=O)c2ccc(F)cc2)c1F. The van der Waals surface area contributed by atoms with E-state index in [2.05, 4.69) is 0 Å². The highest BCUT2D eigenvalue weighted by molar-refractivity contribution is 14.1. The smallest absolute Gasteiger partial charge is 0.320 e. The molecule has 2 amide bonds. The maximum Gasteiger partial charge on any atom is 0.435 e. The van der Waals surface area contributed by atoms with Crippen LogP contribution in [0.3, 0.4) is 0 Å². The van der Waals surface area contributed by atoms with Crippen molar-refractivity contribution < 1.29 is 63.1 Å². The van der Waals surface area contributed by atoms with Crippen LogP contribution in [-0.2, 0) is 5.67 Å². The van der Waals surface area contributed by atoms with E-state index in [0.29, 0.717) is 0 Å². The van der Waals surface area contributed by atoms with Crippen LogP contribution in [0.25, 0.3) is 0 Å². The lowest BCUT2D eigenvalue weighted by atomic mass is 9.92. The van der Waals surface area contributed by atoms with Crippen molar-refractivity contribution in [2.75, 3.05) is 10.4 Å². The van der Waals surface area contributed by atoms with Gasteiger partial charge >= 0.3 is 18.0 Å². The normalized spacial score (nSPS) is 12.4. The van der Waals surface area contributed by atoms with Crippen molar-refractivity contribution in [2.24, 2.45) is 0 Å². The Morgan fingerprint density at radius 3 is 1.95 bits per heavy atom. The molecule has 0 heterocycles. The fourth-order valence-electron chi connectivity index (χ4n) is 3.48. The highest BCUT2D eigenvalue weighted by Gasteiger charge is 2.73. The van der Waals surface area contributed by atoms with Gasteiger partial charge in [-0.1, -0.05) is 6.07 Å². The predicted octanol–water partition coefficient (Wildman–Crippen LogP) is 8.08. The van der Waals surface area contributed by atoms with Gasteiger partial charge in [0.2, 0.25) is 0 Å². The number of benzene rings is 3. The second-order valence-electron chi connectivity index (χ2n) is 8.09. The Labute approximate surface area is 235 Å². The van der Waals surface area contributed by atoms with Gasteiger partial charge in [-0.2, -0.15) is 31.4 Å². The lowest BCUT2D eigenvalue weighted by Crippen LogP contribution is -2.50. The Bertz CT molecular complexity index is 1460. The first-order valence-electron chi connectivity index (χ1n) is 10.6. The zero-order valence-electron chi connectivity index (χ0n) is 19.5. The standard InChI is InChI=1S/C24H12F11IN2O3/c25-12-6-4-10(5-7-12)21(40)38(41)16-3-1-2-13(17(16)26)20(39)37-18-14(19(27)28)8-11(9-15(18)36)22(29,23(30,31)32)24(33,34)35/h1-9,19,41H,(H,37,39). The lowest BCUT2D eigenvalue weighted by molar-refractivity contribution is -0.348. The van der Waals surface area contributed by atoms with Crippen LogP contribution in [0.1, 0.15) is 38.3 Å². The van der Waals surface area contributed by atoms with E-state index in [0.717, 1.165) is 65.1 Å². The Hall–Kier alpha value is -3.48. The van der Waals surface area contributed by atoms with Crippen LogP contribution in [0.15, 0.2) is 54.6 Å². The molecule has 0 radical (unpaired) electrons. The highest BCUT2D eigenvalue weighted by atomic mass is 127. The van der Waals surface area contributed by atoms with E-state index >= 15 is 4.39 Å². The second-order valence-corrected chi connectivity index (χ2v) is 9.26. The highest BCUT2D eigenvalue weighted by Crippen LogP contribution is 2.54. The minimum absolute atomic E-state index is 0.0629. The Balaban J connectivity index is 2.03. The molecule has 2 N–H and O–H groups in total. The summed E-state index contributed by atoms with van der Waals surface area (Å²) >= 11 is 0.975. The minimum Gasteiger partial charge on any atom is -0.320 e.